The Morgan fingerprint density at radius 3 is 3.06 bits per heavy atom. The van der Waals surface area contributed by atoms with Gasteiger partial charge in [-0.05, 0) is 43.0 Å². The minimum atomic E-state index is 0.191. The van der Waals surface area contributed by atoms with Crippen LogP contribution in [-0.4, -0.2) is 36.5 Å². The summed E-state index contributed by atoms with van der Waals surface area (Å²) >= 11 is 3.44. The summed E-state index contributed by atoms with van der Waals surface area (Å²) in [7, 11) is 0. The van der Waals surface area contributed by atoms with Gasteiger partial charge in [0.15, 0.2) is 0 Å². The van der Waals surface area contributed by atoms with Gasteiger partial charge < -0.3 is 10.2 Å². The number of likely N-dealkylation sites (tertiary alicyclic amines) is 1. The first-order valence-corrected chi connectivity index (χ1v) is 7.24. The summed E-state index contributed by atoms with van der Waals surface area (Å²) in [6.45, 7) is 4.92. The molecular weight excluding hydrogens is 292 g/mol. The minimum absolute atomic E-state index is 0.191. The molecule has 1 N–H and O–H groups in total. The Labute approximate surface area is 116 Å². The maximum absolute atomic E-state index is 12.6. The predicted molar refractivity (Wildman–Crippen MR) is 74.7 cm³/mol. The molecule has 4 heteroatoms. The van der Waals surface area contributed by atoms with Crippen LogP contribution in [0, 0.1) is 12.8 Å². The van der Waals surface area contributed by atoms with Gasteiger partial charge in [0.25, 0.3) is 5.91 Å². The molecule has 2 fully saturated rings. The second-order valence-corrected chi connectivity index (χ2v) is 6.15. The van der Waals surface area contributed by atoms with E-state index >= 15 is 0 Å². The van der Waals surface area contributed by atoms with Crippen LogP contribution in [-0.2, 0) is 0 Å². The zero-order valence-corrected chi connectivity index (χ0v) is 12.0. The summed E-state index contributed by atoms with van der Waals surface area (Å²) in [5, 5.41) is 3.38. The van der Waals surface area contributed by atoms with Crippen molar-refractivity contribution in [2.45, 2.75) is 19.4 Å². The van der Waals surface area contributed by atoms with E-state index in [1.807, 2.05) is 25.1 Å². The first kappa shape index (κ1) is 12.2. The van der Waals surface area contributed by atoms with Gasteiger partial charge in [-0.25, -0.2) is 0 Å². The average molecular weight is 309 g/mol. The highest BCUT2D eigenvalue weighted by Crippen LogP contribution is 2.29. The number of aryl methyl sites for hydroxylation is 1. The molecule has 3 rings (SSSR count). The molecule has 0 aromatic heterocycles. The number of fused-ring (bicyclic) bond motifs is 1. The molecule has 2 heterocycles. The third kappa shape index (κ3) is 1.97. The fourth-order valence-electron chi connectivity index (χ4n) is 3.12. The predicted octanol–water partition coefficient (Wildman–Crippen LogP) is 2.19. The quantitative estimate of drug-likeness (QED) is 0.862. The van der Waals surface area contributed by atoms with Crippen LogP contribution < -0.4 is 5.32 Å². The summed E-state index contributed by atoms with van der Waals surface area (Å²) in [5.41, 5.74) is 1.88. The monoisotopic (exact) mass is 308 g/mol. The van der Waals surface area contributed by atoms with E-state index in [1.165, 1.54) is 0 Å². The lowest BCUT2D eigenvalue weighted by Gasteiger charge is -2.24. The molecule has 2 aliphatic rings. The van der Waals surface area contributed by atoms with Gasteiger partial charge in [0.05, 0.1) is 0 Å². The van der Waals surface area contributed by atoms with Gasteiger partial charge in [-0.3, -0.25) is 4.79 Å². The van der Waals surface area contributed by atoms with E-state index in [0.717, 1.165) is 41.7 Å². The molecule has 0 aliphatic carbocycles. The summed E-state index contributed by atoms with van der Waals surface area (Å²) in [6, 6.07) is 6.28. The molecule has 2 atom stereocenters. The molecule has 0 unspecified atom stereocenters. The van der Waals surface area contributed by atoms with Crippen LogP contribution in [0.3, 0.4) is 0 Å². The Bertz CT molecular complexity index is 489. The first-order chi connectivity index (χ1) is 8.66. The van der Waals surface area contributed by atoms with E-state index in [1.54, 1.807) is 0 Å². The molecule has 0 spiro atoms. The maximum atomic E-state index is 12.6. The van der Waals surface area contributed by atoms with E-state index in [-0.39, 0.29) is 5.91 Å². The fourth-order valence-corrected chi connectivity index (χ4v) is 3.60. The van der Waals surface area contributed by atoms with E-state index in [2.05, 4.69) is 26.1 Å². The average Bonchev–Trinajstić information content (AvgIpc) is 2.89. The number of nitrogens with zero attached hydrogens (tertiary/aromatic N) is 1. The molecule has 18 heavy (non-hydrogen) atoms. The highest BCUT2D eigenvalue weighted by molar-refractivity contribution is 9.10. The van der Waals surface area contributed by atoms with Crippen LogP contribution in [0.4, 0.5) is 0 Å². The van der Waals surface area contributed by atoms with Crippen molar-refractivity contribution in [1.82, 2.24) is 10.2 Å². The molecular formula is C14H17BrN2O. The van der Waals surface area contributed by atoms with Crippen molar-refractivity contribution in [1.29, 1.82) is 0 Å². The van der Waals surface area contributed by atoms with Crippen LogP contribution in [0.2, 0.25) is 0 Å². The van der Waals surface area contributed by atoms with Gasteiger partial charge in [0.2, 0.25) is 0 Å². The van der Waals surface area contributed by atoms with Gasteiger partial charge in [0.1, 0.15) is 0 Å². The molecule has 2 aliphatic heterocycles. The van der Waals surface area contributed by atoms with Crippen LogP contribution >= 0.6 is 15.9 Å². The van der Waals surface area contributed by atoms with E-state index in [9.17, 15) is 4.79 Å². The van der Waals surface area contributed by atoms with Gasteiger partial charge >= 0.3 is 0 Å². The molecule has 96 valence electrons. The van der Waals surface area contributed by atoms with Crippen LogP contribution in [0.25, 0.3) is 0 Å². The smallest absolute Gasteiger partial charge is 0.254 e. The third-order valence-corrected chi connectivity index (χ3v) is 4.62. The fraction of sp³-hybridized carbons (Fsp3) is 0.500. The Kier molecular flexibility index (Phi) is 3.16. The molecule has 2 saturated heterocycles. The number of hydrogen-bond donors (Lipinski definition) is 1. The van der Waals surface area contributed by atoms with E-state index in [0.29, 0.717) is 12.0 Å². The molecule has 0 saturated carbocycles. The van der Waals surface area contributed by atoms with Crippen molar-refractivity contribution < 1.29 is 4.79 Å². The summed E-state index contributed by atoms with van der Waals surface area (Å²) < 4.78 is 1.03. The normalized spacial score (nSPS) is 26.4. The van der Waals surface area contributed by atoms with Crippen molar-refractivity contribution in [3.05, 3.63) is 33.8 Å². The van der Waals surface area contributed by atoms with E-state index < -0.39 is 0 Å². The number of amides is 1. The molecule has 1 amide bonds. The SMILES string of the molecule is Cc1cc(Br)ccc1C(=O)N1CC[C@H]2CNC[C@H]21. The highest BCUT2D eigenvalue weighted by Gasteiger charge is 2.40. The lowest BCUT2D eigenvalue weighted by molar-refractivity contribution is 0.0736. The van der Waals surface area contributed by atoms with Crippen molar-refractivity contribution in [3.8, 4) is 0 Å². The van der Waals surface area contributed by atoms with Crippen molar-refractivity contribution >= 4 is 21.8 Å². The Morgan fingerprint density at radius 1 is 1.44 bits per heavy atom. The summed E-state index contributed by atoms with van der Waals surface area (Å²) in [4.78, 5) is 14.7. The van der Waals surface area contributed by atoms with Gasteiger partial charge in [0, 0.05) is 35.7 Å². The summed E-state index contributed by atoms with van der Waals surface area (Å²) in [5.74, 6) is 0.848. The Balaban J connectivity index is 1.86. The topological polar surface area (TPSA) is 32.3 Å². The zero-order chi connectivity index (χ0) is 12.7. The van der Waals surface area contributed by atoms with E-state index in [4.69, 9.17) is 0 Å². The number of hydrogen-bond acceptors (Lipinski definition) is 2. The Hall–Kier alpha value is -0.870. The van der Waals surface area contributed by atoms with Crippen molar-refractivity contribution in [2.75, 3.05) is 19.6 Å². The Morgan fingerprint density at radius 2 is 2.28 bits per heavy atom. The van der Waals surface area contributed by atoms with Crippen molar-refractivity contribution in [3.63, 3.8) is 0 Å². The van der Waals surface area contributed by atoms with Crippen LogP contribution in [0.5, 0.6) is 0 Å². The third-order valence-electron chi connectivity index (χ3n) is 4.13. The largest absolute Gasteiger partial charge is 0.334 e. The van der Waals surface area contributed by atoms with Gasteiger partial charge in [-0.2, -0.15) is 0 Å². The van der Waals surface area contributed by atoms with Crippen LogP contribution in [0.15, 0.2) is 22.7 Å². The number of nitrogens with one attached hydrogen (secondary N) is 1. The number of rotatable bonds is 1. The molecule has 3 nitrogen and oxygen atoms in total. The lowest BCUT2D eigenvalue weighted by Crippen LogP contribution is -2.39. The van der Waals surface area contributed by atoms with Crippen molar-refractivity contribution in [2.24, 2.45) is 5.92 Å². The van der Waals surface area contributed by atoms with Gasteiger partial charge in [-0.15, -0.1) is 0 Å². The number of halogens is 1. The molecule has 1 aromatic rings. The second kappa shape index (κ2) is 4.67. The lowest BCUT2D eigenvalue weighted by atomic mass is 10.0. The maximum Gasteiger partial charge on any atom is 0.254 e. The van der Waals surface area contributed by atoms with Crippen LogP contribution in [0.1, 0.15) is 22.3 Å². The molecule has 0 radical (unpaired) electrons. The first-order valence-electron chi connectivity index (χ1n) is 6.44. The number of carbonyl (C=O) groups excluding carboxylic acids is 1. The minimum Gasteiger partial charge on any atom is -0.334 e. The highest BCUT2D eigenvalue weighted by atomic mass is 79.9. The zero-order valence-electron chi connectivity index (χ0n) is 10.4. The number of benzene rings is 1. The number of carbonyl (C=O) groups is 1. The standard InChI is InChI=1S/C14H17BrN2O/c1-9-6-11(15)2-3-12(9)14(18)17-5-4-10-7-16-8-13(10)17/h2-3,6,10,13,16H,4-5,7-8H2,1H3/t10-,13+/m0/s1. The van der Waals surface area contributed by atoms with Gasteiger partial charge in [-0.1, -0.05) is 15.9 Å². The summed E-state index contributed by atoms with van der Waals surface area (Å²) in [6.07, 6.45) is 1.14. The second-order valence-electron chi connectivity index (χ2n) is 5.23. The molecule has 1 aromatic carbocycles. The molecule has 0 bridgehead atoms.